The zero-order valence-corrected chi connectivity index (χ0v) is 8.63. The minimum absolute atomic E-state index is 0.685. The predicted octanol–water partition coefficient (Wildman–Crippen LogP) is -2.61. The van der Waals surface area contributed by atoms with E-state index in [0.717, 1.165) is 19.8 Å². The Kier molecular flexibility index (Phi) is 12.4. The van der Waals surface area contributed by atoms with Gasteiger partial charge in [-0.1, -0.05) is 0 Å². The van der Waals surface area contributed by atoms with Crippen LogP contribution in [0.3, 0.4) is 0 Å². The first-order valence-corrected chi connectivity index (χ1v) is 5.33. The minimum Gasteiger partial charge on any atom is -0.329 e. The van der Waals surface area contributed by atoms with Gasteiger partial charge in [0, 0.05) is 32.8 Å². The fourth-order valence-electron chi connectivity index (χ4n) is 0.469. The summed E-state index contributed by atoms with van der Waals surface area (Å²) in [4.78, 5) is 0. The zero-order chi connectivity index (χ0) is 11.4. The molecule has 0 aliphatic rings. The molecule has 0 saturated carbocycles. The molecule has 0 amide bonds. The van der Waals surface area contributed by atoms with Crippen molar-refractivity contribution in [2.24, 2.45) is 11.5 Å². The molecule has 8 nitrogen and oxygen atoms in total. The van der Waals surface area contributed by atoms with Crippen LogP contribution in [0, 0.1) is 0 Å². The Labute approximate surface area is 83.6 Å². The molecule has 0 aromatic heterocycles. The molecule has 0 radical (unpaired) electrons. The monoisotopic (exact) mass is 230 g/mol. The molecule has 0 unspecified atom stereocenters. The number of hydrogen-bond donors (Lipinski definition) is 6. The maximum atomic E-state index is 8.74. The van der Waals surface area contributed by atoms with Gasteiger partial charge in [0.15, 0.2) is 0 Å². The molecule has 14 heavy (non-hydrogen) atoms. The molecule has 0 heterocycles. The van der Waals surface area contributed by atoms with Crippen LogP contribution in [-0.4, -0.2) is 50.4 Å². The van der Waals surface area contributed by atoms with Crippen LogP contribution in [0.25, 0.3) is 0 Å². The van der Waals surface area contributed by atoms with E-state index in [0.29, 0.717) is 13.1 Å². The summed E-state index contributed by atoms with van der Waals surface area (Å²) < 4.78 is 31.6. The highest BCUT2D eigenvalue weighted by Crippen LogP contribution is 1.59. The Morgan fingerprint density at radius 3 is 1.50 bits per heavy atom. The van der Waals surface area contributed by atoms with Gasteiger partial charge in [-0.3, -0.25) is 9.11 Å². The third kappa shape index (κ3) is 41.2. The highest BCUT2D eigenvalue weighted by atomic mass is 32.3. The maximum Gasteiger partial charge on any atom is 0.394 e. The van der Waals surface area contributed by atoms with Crippen molar-refractivity contribution in [1.82, 2.24) is 10.6 Å². The first kappa shape index (κ1) is 16.2. The number of nitrogens with one attached hydrogen (secondary N) is 2. The maximum absolute atomic E-state index is 8.74. The molecule has 0 atom stereocenters. The smallest absolute Gasteiger partial charge is 0.329 e. The van der Waals surface area contributed by atoms with Gasteiger partial charge in [-0.05, 0) is 0 Å². The lowest BCUT2D eigenvalue weighted by molar-refractivity contribution is 0.381. The second-order valence-corrected chi connectivity index (χ2v) is 3.10. The van der Waals surface area contributed by atoms with E-state index in [9.17, 15) is 0 Å². The lowest BCUT2D eigenvalue weighted by Crippen LogP contribution is -2.35. The number of hydrogen-bond acceptors (Lipinski definition) is 6. The van der Waals surface area contributed by atoms with Crippen LogP contribution in [0.4, 0.5) is 0 Å². The highest BCUT2D eigenvalue weighted by Gasteiger charge is 1.84. The summed E-state index contributed by atoms with van der Waals surface area (Å²) >= 11 is 0. The molecule has 0 aromatic carbocycles. The molecule has 0 aliphatic carbocycles. The van der Waals surface area contributed by atoms with Crippen molar-refractivity contribution < 1.29 is 17.5 Å². The summed E-state index contributed by atoms with van der Waals surface area (Å²) in [6, 6.07) is 0. The first-order chi connectivity index (χ1) is 6.41. The fourth-order valence-corrected chi connectivity index (χ4v) is 0.469. The van der Waals surface area contributed by atoms with Gasteiger partial charge in [-0.15, -0.1) is 0 Å². The molecule has 0 aliphatic heterocycles. The predicted molar refractivity (Wildman–Crippen MR) is 53.2 cm³/mol. The molecule has 88 valence electrons. The van der Waals surface area contributed by atoms with Crippen LogP contribution in [0.1, 0.15) is 0 Å². The van der Waals surface area contributed by atoms with E-state index in [1.165, 1.54) is 0 Å². The van der Waals surface area contributed by atoms with Crippen LogP contribution in [-0.2, 0) is 10.4 Å². The van der Waals surface area contributed by atoms with Gasteiger partial charge < -0.3 is 22.1 Å². The van der Waals surface area contributed by atoms with Gasteiger partial charge in [0.2, 0.25) is 0 Å². The Hall–Kier alpha value is -0.290. The summed E-state index contributed by atoms with van der Waals surface area (Å²) in [6.07, 6.45) is 0. The van der Waals surface area contributed by atoms with Crippen molar-refractivity contribution in [3.05, 3.63) is 0 Å². The third-order valence-electron chi connectivity index (χ3n) is 0.892. The van der Waals surface area contributed by atoms with Crippen molar-refractivity contribution in [3.63, 3.8) is 0 Å². The molecule has 0 aromatic rings. The van der Waals surface area contributed by atoms with E-state index >= 15 is 0 Å². The summed E-state index contributed by atoms with van der Waals surface area (Å²) in [5, 5.41) is 6.16. The van der Waals surface area contributed by atoms with Crippen LogP contribution < -0.4 is 22.1 Å². The Morgan fingerprint density at radius 1 is 1.00 bits per heavy atom. The number of rotatable bonds is 6. The summed E-state index contributed by atoms with van der Waals surface area (Å²) in [5.74, 6) is 0. The zero-order valence-electron chi connectivity index (χ0n) is 7.81. The van der Waals surface area contributed by atoms with Crippen LogP contribution in [0.5, 0.6) is 0 Å². The molecule has 8 N–H and O–H groups in total. The standard InChI is InChI=1S/C5H16N4.H2O4S/c6-1-3-8-5-9-4-2-7;1-5(2,3)4/h8-9H,1-7H2;(H2,1,2,3,4). The van der Waals surface area contributed by atoms with Crippen molar-refractivity contribution in [3.8, 4) is 0 Å². The minimum atomic E-state index is -4.67. The summed E-state index contributed by atoms with van der Waals surface area (Å²) in [7, 11) is -4.67. The van der Waals surface area contributed by atoms with Gasteiger partial charge in [-0.25, -0.2) is 0 Å². The van der Waals surface area contributed by atoms with Crippen molar-refractivity contribution in [1.29, 1.82) is 0 Å². The lowest BCUT2D eigenvalue weighted by Gasteiger charge is -2.02. The van der Waals surface area contributed by atoms with Gasteiger partial charge in [0.05, 0.1) is 0 Å². The largest absolute Gasteiger partial charge is 0.394 e. The molecule has 0 bridgehead atoms. The molecule has 0 saturated heterocycles. The van der Waals surface area contributed by atoms with E-state index in [1.807, 2.05) is 0 Å². The normalized spacial score (nSPS) is 10.6. The van der Waals surface area contributed by atoms with Crippen LogP contribution in [0.2, 0.25) is 0 Å². The van der Waals surface area contributed by atoms with Crippen LogP contribution in [0.15, 0.2) is 0 Å². The summed E-state index contributed by atoms with van der Waals surface area (Å²) in [6.45, 7) is 3.89. The second-order valence-electron chi connectivity index (χ2n) is 2.20. The van der Waals surface area contributed by atoms with Gasteiger partial charge in [0.25, 0.3) is 0 Å². The topological polar surface area (TPSA) is 151 Å². The molecular weight excluding hydrogens is 212 g/mol. The Balaban J connectivity index is 0. The van der Waals surface area contributed by atoms with Gasteiger partial charge in [-0.2, -0.15) is 8.42 Å². The van der Waals surface area contributed by atoms with Gasteiger partial charge in [0.1, 0.15) is 0 Å². The summed E-state index contributed by atoms with van der Waals surface area (Å²) in [5.41, 5.74) is 10.5. The molecular formula is C5H18N4O4S. The van der Waals surface area contributed by atoms with Crippen LogP contribution >= 0.6 is 0 Å². The Morgan fingerprint density at radius 2 is 1.29 bits per heavy atom. The third-order valence-corrected chi connectivity index (χ3v) is 0.892. The van der Waals surface area contributed by atoms with E-state index in [2.05, 4.69) is 10.6 Å². The molecule has 9 heteroatoms. The van der Waals surface area contributed by atoms with Crippen molar-refractivity contribution >= 4 is 10.4 Å². The quantitative estimate of drug-likeness (QED) is 0.165. The average Bonchev–Trinajstić information content (AvgIpc) is 2.01. The number of nitrogens with two attached hydrogens (primary N) is 2. The van der Waals surface area contributed by atoms with Crippen molar-refractivity contribution in [2.45, 2.75) is 0 Å². The second kappa shape index (κ2) is 10.8. The lowest BCUT2D eigenvalue weighted by atomic mass is 10.6. The van der Waals surface area contributed by atoms with E-state index < -0.39 is 10.4 Å². The van der Waals surface area contributed by atoms with E-state index in [-0.39, 0.29) is 0 Å². The first-order valence-electron chi connectivity index (χ1n) is 3.93. The average molecular weight is 230 g/mol. The SMILES string of the molecule is NCCNCNCCN.O=S(=O)(O)O. The molecule has 0 fully saturated rings. The Bertz CT molecular complexity index is 182. The molecule has 0 rings (SSSR count). The highest BCUT2D eigenvalue weighted by molar-refractivity contribution is 7.79. The van der Waals surface area contributed by atoms with Crippen molar-refractivity contribution in [2.75, 3.05) is 32.8 Å². The van der Waals surface area contributed by atoms with E-state index in [4.69, 9.17) is 29.0 Å². The van der Waals surface area contributed by atoms with E-state index in [1.54, 1.807) is 0 Å². The molecule has 0 spiro atoms. The fraction of sp³-hybridized carbons (Fsp3) is 1.00. The van der Waals surface area contributed by atoms with Gasteiger partial charge >= 0.3 is 10.4 Å².